The van der Waals surface area contributed by atoms with Gasteiger partial charge < -0.3 is 11.1 Å². The standard InChI is InChI=1S/C11H15N5/c1-8-9(6-15-16(8)2)5-13-11-4-3-10(12)7-14-11/h3-4,6-7H,5,12H2,1-2H3,(H,13,14). The molecule has 5 heteroatoms. The molecule has 0 atom stereocenters. The number of hydrogen-bond acceptors (Lipinski definition) is 4. The van der Waals surface area contributed by atoms with E-state index in [9.17, 15) is 0 Å². The lowest BCUT2D eigenvalue weighted by atomic mass is 10.2. The third-order valence-corrected chi connectivity index (χ3v) is 2.58. The molecule has 0 aromatic carbocycles. The minimum atomic E-state index is 0.670. The average Bonchev–Trinajstić information content (AvgIpc) is 2.60. The number of nitrogens with one attached hydrogen (secondary N) is 1. The summed E-state index contributed by atoms with van der Waals surface area (Å²) in [5, 5.41) is 7.40. The highest BCUT2D eigenvalue weighted by Crippen LogP contribution is 2.10. The van der Waals surface area contributed by atoms with E-state index in [1.807, 2.05) is 37.0 Å². The lowest BCUT2D eigenvalue weighted by Gasteiger charge is -2.05. The molecule has 0 aliphatic rings. The number of aromatic nitrogens is 3. The van der Waals surface area contributed by atoms with Gasteiger partial charge in [0, 0.05) is 24.8 Å². The molecule has 5 nitrogen and oxygen atoms in total. The fourth-order valence-electron chi connectivity index (χ4n) is 1.41. The van der Waals surface area contributed by atoms with Gasteiger partial charge in [-0.05, 0) is 19.1 Å². The molecule has 16 heavy (non-hydrogen) atoms. The molecule has 0 aliphatic heterocycles. The van der Waals surface area contributed by atoms with Gasteiger partial charge in [0.1, 0.15) is 5.82 Å². The molecular formula is C11H15N5. The van der Waals surface area contributed by atoms with Crippen LogP contribution in [0.3, 0.4) is 0 Å². The molecule has 84 valence electrons. The van der Waals surface area contributed by atoms with Gasteiger partial charge in [-0.3, -0.25) is 4.68 Å². The number of anilines is 2. The largest absolute Gasteiger partial charge is 0.397 e. The van der Waals surface area contributed by atoms with Crippen molar-refractivity contribution in [2.75, 3.05) is 11.1 Å². The summed E-state index contributed by atoms with van der Waals surface area (Å²) in [6, 6.07) is 3.69. The molecule has 0 radical (unpaired) electrons. The Morgan fingerprint density at radius 1 is 1.38 bits per heavy atom. The first-order valence-electron chi connectivity index (χ1n) is 5.09. The molecule has 0 saturated heterocycles. The zero-order valence-electron chi connectivity index (χ0n) is 9.44. The van der Waals surface area contributed by atoms with Crippen LogP contribution in [0.4, 0.5) is 11.5 Å². The van der Waals surface area contributed by atoms with Gasteiger partial charge in [0.05, 0.1) is 18.1 Å². The number of nitrogens with two attached hydrogens (primary N) is 1. The van der Waals surface area contributed by atoms with E-state index in [-0.39, 0.29) is 0 Å². The first-order chi connectivity index (χ1) is 7.66. The van der Waals surface area contributed by atoms with Crippen molar-refractivity contribution in [2.24, 2.45) is 7.05 Å². The minimum Gasteiger partial charge on any atom is -0.397 e. The number of nitrogens with zero attached hydrogens (tertiary/aromatic N) is 3. The van der Waals surface area contributed by atoms with Gasteiger partial charge in [0.2, 0.25) is 0 Å². The molecule has 2 heterocycles. The van der Waals surface area contributed by atoms with E-state index >= 15 is 0 Å². The fourth-order valence-corrected chi connectivity index (χ4v) is 1.41. The summed E-state index contributed by atoms with van der Waals surface area (Å²) in [5.74, 6) is 0.817. The third-order valence-electron chi connectivity index (χ3n) is 2.58. The summed E-state index contributed by atoms with van der Waals surface area (Å²) in [6.45, 7) is 2.76. The Kier molecular flexibility index (Phi) is 2.76. The van der Waals surface area contributed by atoms with Crippen LogP contribution in [0.5, 0.6) is 0 Å². The van der Waals surface area contributed by atoms with Crippen LogP contribution in [0.2, 0.25) is 0 Å². The molecule has 2 rings (SSSR count). The van der Waals surface area contributed by atoms with Crippen LogP contribution in [0, 0.1) is 6.92 Å². The number of rotatable bonds is 3. The van der Waals surface area contributed by atoms with E-state index in [1.165, 1.54) is 5.56 Å². The Hall–Kier alpha value is -2.04. The van der Waals surface area contributed by atoms with E-state index < -0.39 is 0 Å². The van der Waals surface area contributed by atoms with Crippen LogP contribution in [0.25, 0.3) is 0 Å². The van der Waals surface area contributed by atoms with E-state index in [0.29, 0.717) is 5.69 Å². The highest BCUT2D eigenvalue weighted by molar-refractivity contribution is 5.44. The van der Waals surface area contributed by atoms with E-state index in [2.05, 4.69) is 15.4 Å². The van der Waals surface area contributed by atoms with Crippen molar-refractivity contribution in [1.29, 1.82) is 0 Å². The maximum Gasteiger partial charge on any atom is 0.126 e. The first-order valence-corrected chi connectivity index (χ1v) is 5.09. The summed E-state index contributed by atoms with van der Waals surface area (Å²) in [7, 11) is 1.93. The number of pyridine rings is 1. The predicted molar refractivity (Wildman–Crippen MR) is 63.9 cm³/mol. The summed E-state index contributed by atoms with van der Waals surface area (Å²) in [6.07, 6.45) is 3.50. The number of hydrogen-bond donors (Lipinski definition) is 2. The van der Waals surface area contributed by atoms with Gasteiger partial charge in [-0.15, -0.1) is 0 Å². The molecular weight excluding hydrogens is 202 g/mol. The van der Waals surface area contributed by atoms with Crippen molar-refractivity contribution in [3.05, 3.63) is 35.8 Å². The number of aryl methyl sites for hydroxylation is 1. The number of nitrogen functional groups attached to an aromatic ring is 1. The van der Waals surface area contributed by atoms with Gasteiger partial charge >= 0.3 is 0 Å². The molecule has 0 spiro atoms. The fraction of sp³-hybridized carbons (Fsp3) is 0.273. The lowest BCUT2D eigenvalue weighted by Crippen LogP contribution is -2.03. The second-order valence-corrected chi connectivity index (χ2v) is 3.71. The Labute approximate surface area is 94.3 Å². The first kappa shape index (κ1) is 10.5. The Balaban J connectivity index is 2.02. The van der Waals surface area contributed by atoms with Crippen molar-refractivity contribution in [3.63, 3.8) is 0 Å². The molecule has 3 N–H and O–H groups in total. The van der Waals surface area contributed by atoms with E-state index in [0.717, 1.165) is 18.1 Å². The van der Waals surface area contributed by atoms with Crippen molar-refractivity contribution in [1.82, 2.24) is 14.8 Å². The zero-order chi connectivity index (χ0) is 11.5. The van der Waals surface area contributed by atoms with Crippen molar-refractivity contribution in [2.45, 2.75) is 13.5 Å². The monoisotopic (exact) mass is 217 g/mol. The summed E-state index contributed by atoms with van der Waals surface area (Å²) >= 11 is 0. The molecule has 2 aromatic rings. The molecule has 2 aromatic heterocycles. The zero-order valence-corrected chi connectivity index (χ0v) is 9.44. The Morgan fingerprint density at radius 2 is 2.19 bits per heavy atom. The van der Waals surface area contributed by atoms with Crippen molar-refractivity contribution in [3.8, 4) is 0 Å². The van der Waals surface area contributed by atoms with Crippen LogP contribution >= 0.6 is 0 Å². The van der Waals surface area contributed by atoms with Gasteiger partial charge in [0.15, 0.2) is 0 Å². The lowest BCUT2D eigenvalue weighted by molar-refractivity contribution is 0.738. The van der Waals surface area contributed by atoms with E-state index in [4.69, 9.17) is 5.73 Å². The minimum absolute atomic E-state index is 0.670. The smallest absolute Gasteiger partial charge is 0.126 e. The maximum atomic E-state index is 5.56. The summed E-state index contributed by atoms with van der Waals surface area (Å²) < 4.78 is 1.85. The van der Waals surface area contributed by atoms with Gasteiger partial charge in [-0.1, -0.05) is 0 Å². The topological polar surface area (TPSA) is 68.8 Å². The quantitative estimate of drug-likeness (QED) is 0.813. The van der Waals surface area contributed by atoms with Crippen LogP contribution in [-0.2, 0) is 13.6 Å². The molecule has 0 amide bonds. The predicted octanol–water partition coefficient (Wildman–Crippen LogP) is 1.32. The van der Waals surface area contributed by atoms with Gasteiger partial charge in [-0.2, -0.15) is 5.10 Å². The average molecular weight is 217 g/mol. The third kappa shape index (κ3) is 2.13. The van der Waals surface area contributed by atoms with Crippen LogP contribution in [0.15, 0.2) is 24.5 Å². The molecule has 0 aliphatic carbocycles. The van der Waals surface area contributed by atoms with Gasteiger partial charge in [0.25, 0.3) is 0 Å². The molecule has 0 unspecified atom stereocenters. The Bertz CT molecular complexity index is 472. The normalized spacial score (nSPS) is 10.4. The maximum absolute atomic E-state index is 5.56. The van der Waals surface area contributed by atoms with Crippen LogP contribution < -0.4 is 11.1 Å². The molecule has 0 fully saturated rings. The van der Waals surface area contributed by atoms with Crippen molar-refractivity contribution >= 4 is 11.5 Å². The van der Waals surface area contributed by atoms with Crippen LogP contribution in [0.1, 0.15) is 11.3 Å². The summed E-state index contributed by atoms with van der Waals surface area (Å²) in [5.41, 5.74) is 8.55. The highest BCUT2D eigenvalue weighted by atomic mass is 15.3. The summed E-state index contributed by atoms with van der Waals surface area (Å²) in [4.78, 5) is 4.17. The molecule has 0 saturated carbocycles. The Morgan fingerprint density at radius 3 is 2.75 bits per heavy atom. The highest BCUT2D eigenvalue weighted by Gasteiger charge is 2.03. The van der Waals surface area contributed by atoms with E-state index in [1.54, 1.807) is 6.20 Å². The van der Waals surface area contributed by atoms with Crippen LogP contribution in [-0.4, -0.2) is 14.8 Å². The second kappa shape index (κ2) is 4.22. The molecule has 0 bridgehead atoms. The van der Waals surface area contributed by atoms with Gasteiger partial charge in [-0.25, -0.2) is 4.98 Å². The SMILES string of the molecule is Cc1c(CNc2ccc(N)cn2)cnn1C. The van der Waals surface area contributed by atoms with Crippen molar-refractivity contribution < 1.29 is 0 Å². The second-order valence-electron chi connectivity index (χ2n) is 3.71.